The van der Waals surface area contributed by atoms with E-state index >= 15 is 0 Å². The van der Waals surface area contributed by atoms with Crippen LogP contribution in [0.5, 0.6) is 0 Å². The van der Waals surface area contributed by atoms with Gasteiger partial charge in [0.25, 0.3) is 0 Å². The van der Waals surface area contributed by atoms with Crippen molar-refractivity contribution in [3.05, 3.63) is 24.3 Å². The second kappa shape index (κ2) is 68.7. The molecular formula is C76H144O17P2. The third kappa shape index (κ3) is 68.5. The minimum Gasteiger partial charge on any atom is -0.462 e. The Morgan fingerprint density at radius 3 is 0.895 bits per heavy atom. The van der Waals surface area contributed by atoms with Gasteiger partial charge in [-0.3, -0.25) is 37.3 Å². The average Bonchev–Trinajstić information content (AvgIpc) is 2.64. The highest BCUT2D eigenvalue weighted by Gasteiger charge is 2.30. The van der Waals surface area contributed by atoms with E-state index in [1.165, 1.54) is 180 Å². The first-order valence-corrected chi connectivity index (χ1v) is 42.0. The van der Waals surface area contributed by atoms with Crippen LogP contribution in [0.4, 0.5) is 0 Å². The number of rotatable bonds is 74. The van der Waals surface area contributed by atoms with Crippen LogP contribution in [0.15, 0.2) is 24.3 Å². The van der Waals surface area contributed by atoms with Crippen LogP contribution in [0.1, 0.15) is 375 Å². The molecule has 3 unspecified atom stereocenters. The molecule has 0 aliphatic rings. The van der Waals surface area contributed by atoms with E-state index in [1.807, 2.05) is 0 Å². The number of hydrogen-bond donors (Lipinski definition) is 3. The van der Waals surface area contributed by atoms with E-state index in [-0.39, 0.29) is 25.7 Å². The van der Waals surface area contributed by atoms with Crippen molar-refractivity contribution in [2.75, 3.05) is 39.6 Å². The highest BCUT2D eigenvalue weighted by atomic mass is 31.2. The van der Waals surface area contributed by atoms with E-state index in [1.54, 1.807) is 0 Å². The van der Waals surface area contributed by atoms with Gasteiger partial charge in [0, 0.05) is 25.7 Å². The summed E-state index contributed by atoms with van der Waals surface area (Å²) in [5, 5.41) is 10.6. The fraction of sp³-hybridized carbons (Fsp3) is 0.895. The Morgan fingerprint density at radius 2 is 0.589 bits per heavy atom. The lowest BCUT2D eigenvalue weighted by atomic mass is 9.99. The molecule has 0 spiro atoms. The molecule has 3 N–H and O–H groups in total. The molecule has 0 bridgehead atoms. The first kappa shape index (κ1) is 92.5. The third-order valence-electron chi connectivity index (χ3n) is 17.5. The van der Waals surface area contributed by atoms with E-state index in [0.29, 0.717) is 25.7 Å². The summed E-state index contributed by atoms with van der Waals surface area (Å²) in [5.41, 5.74) is 0. The summed E-state index contributed by atoms with van der Waals surface area (Å²) in [7, 11) is -9.92. The summed E-state index contributed by atoms with van der Waals surface area (Å²) in [5.74, 6) is -1.34. The molecular weight excluding hydrogens is 1250 g/mol. The molecule has 19 heteroatoms. The molecule has 0 aliphatic heterocycles. The Balaban J connectivity index is 5.27. The summed E-state index contributed by atoms with van der Waals surface area (Å²) in [6.07, 6.45) is 60.3. The smallest absolute Gasteiger partial charge is 0.462 e. The summed E-state index contributed by atoms with van der Waals surface area (Å²) in [6, 6.07) is 0. The number of unbranched alkanes of at least 4 members (excludes halogenated alkanes) is 42. The van der Waals surface area contributed by atoms with Crippen molar-refractivity contribution in [3.8, 4) is 0 Å². The van der Waals surface area contributed by atoms with Crippen molar-refractivity contribution < 1.29 is 80.2 Å². The fourth-order valence-corrected chi connectivity index (χ4v) is 12.7. The molecule has 0 heterocycles. The molecule has 6 atom stereocenters. The van der Waals surface area contributed by atoms with E-state index in [0.717, 1.165) is 115 Å². The highest BCUT2D eigenvalue weighted by Crippen LogP contribution is 2.45. The maximum Gasteiger partial charge on any atom is 0.472 e. The Kier molecular flexibility index (Phi) is 66.9. The fourth-order valence-electron chi connectivity index (χ4n) is 11.1. The van der Waals surface area contributed by atoms with E-state index < -0.39 is 97.5 Å². The average molecular weight is 1390 g/mol. The molecule has 0 saturated carbocycles. The largest absolute Gasteiger partial charge is 0.472 e. The number of hydrogen-bond acceptors (Lipinski definition) is 15. The van der Waals surface area contributed by atoms with Crippen LogP contribution in [0.25, 0.3) is 0 Å². The molecule has 0 amide bonds. The van der Waals surface area contributed by atoms with Crippen molar-refractivity contribution in [1.82, 2.24) is 0 Å². The molecule has 0 saturated heterocycles. The van der Waals surface area contributed by atoms with Gasteiger partial charge < -0.3 is 33.8 Å². The molecule has 0 radical (unpaired) electrons. The number of aliphatic hydroxyl groups is 1. The second-order valence-electron chi connectivity index (χ2n) is 26.9. The monoisotopic (exact) mass is 1390 g/mol. The maximum absolute atomic E-state index is 13.1. The zero-order chi connectivity index (χ0) is 69.8. The van der Waals surface area contributed by atoms with Crippen LogP contribution < -0.4 is 0 Å². The molecule has 0 aliphatic carbocycles. The molecule has 0 fully saturated rings. The van der Waals surface area contributed by atoms with Crippen molar-refractivity contribution in [3.63, 3.8) is 0 Å². The van der Waals surface area contributed by atoms with Gasteiger partial charge in [-0.25, -0.2) is 9.13 Å². The lowest BCUT2D eigenvalue weighted by molar-refractivity contribution is -0.161. The second-order valence-corrected chi connectivity index (χ2v) is 29.9. The quantitative estimate of drug-likeness (QED) is 0.0169. The van der Waals surface area contributed by atoms with Gasteiger partial charge in [0.2, 0.25) is 0 Å². The lowest BCUT2D eigenvalue weighted by Gasteiger charge is -2.21. The van der Waals surface area contributed by atoms with Gasteiger partial charge in [0.05, 0.1) is 26.4 Å². The lowest BCUT2D eigenvalue weighted by Crippen LogP contribution is -2.30. The number of phosphoric ester groups is 2. The van der Waals surface area contributed by atoms with Crippen molar-refractivity contribution in [1.29, 1.82) is 0 Å². The van der Waals surface area contributed by atoms with Gasteiger partial charge >= 0.3 is 39.5 Å². The van der Waals surface area contributed by atoms with Gasteiger partial charge in [-0.1, -0.05) is 322 Å². The van der Waals surface area contributed by atoms with Crippen molar-refractivity contribution >= 4 is 39.5 Å². The molecule has 0 rings (SSSR count). The van der Waals surface area contributed by atoms with Gasteiger partial charge in [-0.2, -0.15) is 0 Å². The molecule has 95 heavy (non-hydrogen) atoms. The van der Waals surface area contributed by atoms with E-state index in [9.17, 15) is 43.2 Å². The van der Waals surface area contributed by atoms with Crippen LogP contribution in [-0.2, 0) is 65.4 Å². The molecule has 17 nitrogen and oxygen atoms in total. The predicted molar refractivity (Wildman–Crippen MR) is 386 cm³/mol. The Hall–Kier alpha value is -2.46. The zero-order valence-electron chi connectivity index (χ0n) is 61.3. The number of phosphoric acid groups is 2. The summed E-state index contributed by atoms with van der Waals surface area (Å²) in [6.45, 7) is 7.24. The van der Waals surface area contributed by atoms with Gasteiger partial charge in [-0.15, -0.1) is 0 Å². The molecule has 0 aromatic rings. The van der Waals surface area contributed by atoms with E-state index in [4.69, 9.17) is 37.0 Å². The number of carbonyl (C=O) groups excluding carboxylic acids is 4. The summed E-state index contributed by atoms with van der Waals surface area (Å²) in [4.78, 5) is 72.8. The van der Waals surface area contributed by atoms with E-state index in [2.05, 4.69) is 58.9 Å². The molecule has 0 aromatic carbocycles. The summed E-state index contributed by atoms with van der Waals surface area (Å²) < 4.78 is 68.5. The van der Waals surface area contributed by atoms with Crippen molar-refractivity contribution in [2.24, 2.45) is 5.92 Å². The Morgan fingerprint density at radius 1 is 0.337 bits per heavy atom. The van der Waals surface area contributed by atoms with Crippen LogP contribution >= 0.6 is 15.6 Å². The van der Waals surface area contributed by atoms with Gasteiger partial charge in [0.1, 0.15) is 19.3 Å². The maximum atomic E-state index is 13.1. The van der Waals surface area contributed by atoms with Gasteiger partial charge in [0.15, 0.2) is 12.2 Å². The Labute approximate surface area is 580 Å². The Bertz CT molecular complexity index is 1920. The predicted octanol–water partition coefficient (Wildman–Crippen LogP) is 22.0. The van der Waals surface area contributed by atoms with Crippen molar-refractivity contribution in [2.45, 2.75) is 393 Å². The SMILES string of the molecule is CCCCCC/C=C\C=C/CCCCCCCC(=O)OC[C@H](COP(=O)(O)OC[C@@H](O)COP(=O)(O)OC[C@@H](COC(=O)CCCCCCCCCCC)OC(=O)CCCCCCCCCCCCC(C)CC)OC(=O)CCCCCCCCCCCCCCCCCCC. The van der Waals surface area contributed by atoms with Gasteiger partial charge in [-0.05, 0) is 57.3 Å². The number of allylic oxidation sites excluding steroid dienone is 4. The molecule has 560 valence electrons. The number of ether oxygens (including phenoxy) is 4. The zero-order valence-corrected chi connectivity index (χ0v) is 63.1. The molecule has 0 aromatic heterocycles. The first-order valence-electron chi connectivity index (χ1n) is 39.0. The van der Waals surface area contributed by atoms with Crippen LogP contribution in [0.2, 0.25) is 0 Å². The standard InChI is InChI=1S/C76H144O17P2/c1-6-10-13-16-19-22-24-26-28-29-31-33-35-41-46-51-56-61-75(80)92-72(66-87-74(79)60-55-50-45-40-34-32-30-27-25-23-20-17-14-11-7-2)68-91-95(84,85)89-64-70(77)63-88-94(82,83)90-67-71(65-86-73(78)59-54-49-44-38-21-18-15-12-8-3)93-76(81)62-57-52-47-42-37-36-39-43-48-53-58-69(5)9-4/h23,25,27,30,69-72,77H,6-22,24,26,28-29,31-68H2,1-5H3,(H,82,83)(H,84,85)/b25-23-,30-27-/t69?,70-,71+,72+/m0/s1. The van der Waals surface area contributed by atoms with Crippen LogP contribution in [-0.4, -0.2) is 96.7 Å². The van der Waals surface area contributed by atoms with Crippen LogP contribution in [0, 0.1) is 5.92 Å². The number of aliphatic hydroxyl groups excluding tert-OH is 1. The van der Waals surface area contributed by atoms with Crippen LogP contribution in [0.3, 0.4) is 0 Å². The number of esters is 4. The summed E-state index contributed by atoms with van der Waals surface area (Å²) >= 11 is 0. The number of carbonyl (C=O) groups is 4. The third-order valence-corrected chi connectivity index (χ3v) is 19.4. The normalized spacial score (nSPS) is 14.4. The minimum atomic E-state index is -4.96. The first-order chi connectivity index (χ1) is 46.1. The topological polar surface area (TPSA) is 237 Å². The highest BCUT2D eigenvalue weighted by molar-refractivity contribution is 7.47. The minimum absolute atomic E-state index is 0.102.